The van der Waals surface area contributed by atoms with E-state index in [0.717, 1.165) is 12.1 Å². The SMILES string of the molecule is CC(N)Cc1ccccc1-n1cncn1. The van der Waals surface area contributed by atoms with E-state index in [2.05, 4.69) is 16.1 Å². The molecule has 4 nitrogen and oxygen atoms in total. The van der Waals surface area contributed by atoms with Gasteiger partial charge in [0.1, 0.15) is 12.7 Å². The first kappa shape index (κ1) is 9.86. The van der Waals surface area contributed by atoms with Crippen LogP contribution in [0.1, 0.15) is 12.5 Å². The predicted molar refractivity (Wildman–Crippen MR) is 58.7 cm³/mol. The predicted octanol–water partition coefficient (Wildman–Crippen LogP) is 1.16. The van der Waals surface area contributed by atoms with Crippen LogP contribution in [-0.2, 0) is 6.42 Å². The van der Waals surface area contributed by atoms with Crippen LogP contribution >= 0.6 is 0 Å². The summed E-state index contributed by atoms with van der Waals surface area (Å²) in [6.07, 6.45) is 4.07. The van der Waals surface area contributed by atoms with Crippen LogP contribution in [0.5, 0.6) is 0 Å². The van der Waals surface area contributed by atoms with E-state index in [0.29, 0.717) is 0 Å². The first-order chi connectivity index (χ1) is 7.27. The maximum Gasteiger partial charge on any atom is 0.138 e. The highest BCUT2D eigenvalue weighted by atomic mass is 15.3. The standard InChI is InChI=1S/C11H14N4/c1-9(12)6-10-4-2-3-5-11(10)15-8-13-7-14-15/h2-5,7-9H,6,12H2,1H3. The maximum absolute atomic E-state index is 5.80. The monoisotopic (exact) mass is 202 g/mol. The number of hydrogen-bond donors (Lipinski definition) is 1. The van der Waals surface area contributed by atoms with Crippen molar-refractivity contribution < 1.29 is 0 Å². The lowest BCUT2D eigenvalue weighted by Crippen LogP contribution is -2.19. The van der Waals surface area contributed by atoms with E-state index in [1.807, 2.05) is 25.1 Å². The number of nitrogens with two attached hydrogens (primary N) is 1. The van der Waals surface area contributed by atoms with Crippen molar-refractivity contribution in [3.8, 4) is 5.69 Å². The topological polar surface area (TPSA) is 56.7 Å². The van der Waals surface area contributed by atoms with Gasteiger partial charge in [0, 0.05) is 6.04 Å². The average molecular weight is 202 g/mol. The quantitative estimate of drug-likeness (QED) is 0.812. The van der Waals surface area contributed by atoms with Crippen molar-refractivity contribution in [2.24, 2.45) is 5.73 Å². The van der Waals surface area contributed by atoms with Crippen LogP contribution in [0.2, 0.25) is 0 Å². The van der Waals surface area contributed by atoms with E-state index in [4.69, 9.17) is 5.73 Å². The van der Waals surface area contributed by atoms with Gasteiger partial charge in [-0.1, -0.05) is 18.2 Å². The minimum atomic E-state index is 0.148. The van der Waals surface area contributed by atoms with Gasteiger partial charge in [0.05, 0.1) is 5.69 Å². The van der Waals surface area contributed by atoms with E-state index in [9.17, 15) is 0 Å². The van der Waals surface area contributed by atoms with Crippen molar-refractivity contribution in [1.82, 2.24) is 14.8 Å². The molecule has 0 radical (unpaired) electrons. The van der Waals surface area contributed by atoms with Crippen molar-refractivity contribution >= 4 is 0 Å². The molecule has 0 amide bonds. The Labute approximate surface area is 88.8 Å². The Kier molecular flexibility index (Phi) is 2.78. The molecular formula is C11H14N4. The Hall–Kier alpha value is -1.68. The van der Waals surface area contributed by atoms with Gasteiger partial charge in [-0.3, -0.25) is 0 Å². The second-order valence-electron chi connectivity index (χ2n) is 3.65. The lowest BCUT2D eigenvalue weighted by atomic mass is 10.1. The van der Waals surface area contributed by atoms with Gasteiger partial charge in [-0.05, 0) is 25.0 Å². The molecule has 0 aliphatic carbocycles. The van der Waals surface area contributed by atoms with Crippen LogP contribution in [-0.4, -0.2) is 20.8 Å². The van der Waals surface area contributed by atoms with Gasteiger partial charge >= 0.3 is 0 Å². The van der Waals surface area contributed by atoms with E-state index in [1.54, 1.807) is 11.0 Å². The highest BCUT2D eigenvalue weighted by Gasteiger charge is 2.05. The summed E-state index contributed by atoms with van der Waals surface area (Å²) in [5, 5.41) is 4.12. The van der Waals surface area contributed by atoms with Gasteiger partial charge in [0.15, 0.2) is 0 Å². The zero-order chi connectivity index (χ0) is 10.7. The zero-order valence-corrected chi connectivity index (χ0v) is 8.67. The zero-order valence-electron chi connectivity index (χ0n) is 8.67. The van der Waals surface area contributed by atoms with Crippen molar-refractivity contribution in [3.05, 3.63) is 42.5 Å². The smallest absolute Gasteiger partial charge is 0.138 e. The van der Waals surface area contributed by atoms with Crippen molar-refractivity contribution in [2.45, 2.75) is 19.4 Å². The van der Waals surface area contributed by atoms with Crippen LogP contribution in [0, 0.1) is 0 Å². The van der Waals surface area contributed by atoms with Crippen molar-refractivity contribution in [3.63, 3.8) is 0 Å². The van der Waals surface area contributed by atoms with Gasteiger partial charge in [0.2, 0.25) is 0 Å². The fourth-order valence-corrected chi connectivity index (χ4v) is 1.59. The Balaban J connectivity index is 2.38. The number of aromatic nitrogens is 3. The summed E-state index contributed by atoms with van der Waals surface area (Å²) < 4.78 is 1.76. The molecule has 1 aromatic heterocycles. The molecule has 0 fully saturated rings. The van der Waals surface area contributed by atoms with Crippen molar-refractivity contribution in [2.75, 3.05) is 0 Å². The molecule has 1 atom stereocenters. The summed E-state index contributed by atoms with van der Waals surface area (Å²) in [6.45, 7) is 2.00. The van der Waals surface area contributed by atoms with Gasteiger partial charge in [0.25, 0.3) is 0 Å². The van der Waals surface area contributed by atoms with Crippen LogP contribution < -0.4 is 5.73 Å². The summed E-state index contributed by atoms with van der Waals surface area (Å²) in [4.78, 5) is 3.94. The van der Waals surface area contributed by atoms with E-state index in [1.165, 1.54) is 11.9 Å². The molecule has 78 valence electrons. The number of hydrogen-bond acceptors (Lipinski definition) is 3. The summed E-state index contributed by atoms with van der Waals surface area (Å²) in [5.74, 6) is 0. The number of rotatable bonds is 3. The fourth-order valence-electron chi connectivity index (χ4n) is 1.59. The molecule has 2 rings (SSSR count). The first-order valence-corrected chi connectivity index (χ1v) is 4.96. The molecule has 4 heteroatoms. The van der Waals surface area contributed by atoms with Crippen LogP contribution in [0.25, 0.3) is 5.69 Å². The molecule has 2 N–H and O–H groups in total. The second kappa shape index (κ2) is 4.23. The van der Waals surface area contributed by atoms with Gasteiger partial charge < -0.3 is 5.73 Å². The van der Waals surface area contributed by atoms with E-state index >= 15 is 0 Å². The molecule has 0 bridgehead atoms. The molecule has 0 saturated carbocycles. The number of benzene rings is 1. The lowest BCUT2D eigenvalue weighted by molar-refractivity contribution is 0.727. The summed E-state index contributed by atoms with van der Waals surface area (Å²) in [6, 6.07) is 8.24. The molecule has 1 unspecified atom stereocenters. The van der Waals surface area contributed by atoms with E-state index < -0.39 is 0 Å². The Bertz CT molecular complexity index is 420. The maximum atomic E-state index is 5.80. The second-order valence-corrected chi connectivity index (χ2v) is 3.65. The minimum Gasteiger partial charge on any atom is -0.328 e. The molecule has 1 heterocycles. The Morgan fingerprint density at radius 1 is 1.40 bits per heavy atom. The molecule has 1 aromatic carbocycles. The van der Waals surface area contributed by atoms with Crippen LogP contribution in [0.4, 0.5) is 0 Å². The molecule has 2 aromatic rings. The molecule has 0 saturated heterocycles. The Morgan fingerprint density at radius 3 is 2.87 bits per heavy atom. The largest absolute Gasteiger partial charge is 0.328 e. The van der Waals surface area contributed by atoms with E-state index in [-0.39, 0.29) is 6.04 Å². The fraction of sp³-hybridized carbons (Fsp3) is 0.273. The molecular weight excluding hydrogens is 188 g/mol. The molecule has 0 spiro atoms. The number of nitrogens with zero attached hydrogens (tertiary/aromatic N) is 3. The first-order valence-electron chi connectivity index (χ1n) is 4.96. The third-order valence-corrected chi connectivity index (χ3v) is 2.20. The lowest BCUT2D eigenvalue weighted by Gasteiger charge is -2.10. The highest BCUT2D eigenvalue weighted by molar-refractivity contribution is 5.40. The average Bonchev–Trinajstić information content (AvgIpc) is 2.70. The van der Waals surface area contributed by atoms with Crippen molar-refractivity contribution in [1.29, 1.82) is 0 Å². The summed E-state index contributed by atoms with van der Waals surface area (Å²) in [5.41, 5.74) is 8.04. The third-order valence-electron chi connectivity index (χ3n) is 2.20. The normalized spacial score (nSPS) is 12.7. The minimum absolute atomic E-state index is 0.148. The molecule has 0 aliphatic heterocycles. The summed E-state index contributed by atoms with van der Waals surface area (Å²) >= 11 is 0. The summed E-state index contributed by atoms with van der Waals surface area (Å²) in [7, 11) is 0. The molecule has 0 aliphatic rings. The third kappa shape index (κ3) is 2.22. The number of para-hydroxylation sites is 1. The van der Waals surface area contributed by atoms with Gasteiger partial charge in [-0.2, -0.15) is 5.10 Å². The van der Waals surface area contributed by atoms with Gasteiger partial charge in [-0.25, -0.2) is 9.67 Å². The van der Waals surface area contributed by atoms with Crippen LogP contribution in [0.15, 0.2) is 36.9 Å². The van der Waals surface area contributed by atoms with Gasteiger partial charge in [-0.15, -0.1) is 0 Å². The highest BCUT2D eigenvalue weighted by Crippen LogP contribution is 2.14. The Morgan fingerprint density at radius 2 is 2.20 bits per heavy atom. The van der Waals surface area contributed by atoms with Crippen LogP contribution in [0.3, 0.4) is 0 Å². The molecule has 15 heavy (non-hydrogen) atoms.